The Morgan fingerprint density at radius 2 is 1.56 bits per heavy atom. The summed E-state index contributed by atoms with van der Waals surface area (Å²) in [4.78, 5) is 28.3. The highest BCUT2D eigenvalue weighted by Gasteiger charge is 2.25. The number of benzene rings is 3. The van der Waals surface area contributed by atoms with Crippen molar-refractivity contribution < 1.29 is 14.3 Å². The lowest BCUT2D eigenvalue weighted by Crippen LogP contribution is -2.30. The Morgan fingerprint density at radius 1 is 0.941 bits per heavy atom. The second-order valence-electron chi connectivity index (χ2n) is 8.70. The van der Waals surface area contributed by atoms with Crippen LogP contribution in [-0.4, -0.2) is 36.5 Å². The Morgan fingerprint density at radius 3 is 2.15 bits per heavy atom. The van der Waals surface area contributed by atoms with Gasteiger partial charge in [0.05, 0.1) is 24.5 Å². The average molecular weight is 458 g/mol. The van der Waals surface area contributed by atoms with Crippen LogP contribution in [0.25, 0.3) is 0 Å². The van der Waals surface area contributed by atoms with Crippen molar-refractivity contribution in [1.82, 2.24) is 4.90 Å². The molecule has 2 N–H and O–H groups in total. The van der Waals surface area contributed by atoms with E-state index in [1.54, 1.807) is 11.8 Å². The van der Waals surface area contributed by atoms with Gasteiger partial charge in [-0.2, -0.15) is 0 Å². The predicted molar refractivity (Wildman–Crippen MR) is 134 cm³/mol. The summed E-state index contributed by atoms with van der Waals surface area (Å²) in [7, 11) is 0. The van der Waals surface area contributed by atoms with Gasteiger partial charge >= 0.3 is 5.97 Å². The van der Waals surface area contributed by atoms with Crippen LogP contribution in [0.4, 0.5) is 11.4 Å². The summed E-state index contributed by atoms with van der Waals surface area (Å²) >= 11 is 0. The fourth-order valence-electron chi connectivity index (χ4n) is 4.47. The van der Waals surface area contributed by atoms with E-state index >= 15 is 0 Å². The molecule has 4 rings (SSSR count). The molecule has 176 valence electrons. The van der Waals surface area contributed by atoms with Crippen LogP contribution in [0.15, 0.2) is 72.8 Å². The Labute approximate surface area is 200 Å². The standard InChI is InChI=1S/C28H31N3O3/c1-21(32)31-14-12-25-16-24(17-26(29)28(25)31)13-15-34-27(33)20-30(18-22-8-4-2-5-9-22)19-23-10-6-3-7-11-23/h2-11,16-17H,12-15,18-20,29H2,1H3. The number of anilines is 2. The number of hydrogen-bond acceptors (Lipinski definition) is 5. The van der Waals surface area contributed by atoms with E-state index in [9.17, 15) is 9.59 Å². The smallest absolute Gasteiger partial charge is 0.320 e. The van der Waals surface area contributed by atoms with Crippen LogP contribution in [0, 0.1) is 0 Å². The molecule has 6 nitrogen and oxygen atoms in total. The van der Waals surface area contributed by atoms with Crippen molar-refractivity contribution in [2.45, 2.75) is 32.9 Å². The summed E-state index contributed by atoms with van der Waals surface area (Å²) in [5, 5.41) is 0. The zero-order valence-corrected chi connectivity index (χ0v) is 19.6. The van der Waals surface area contributed by atoms with Crippen LogP contribution in [0.2, 0.25) is 0 Å². The number of nitrogen functional groups attached to an aromatic ring is 1. The van der Waals surface area contributed by atoms with Gasteiger partial charge in [-0.15, -0.1) is 0 Å². The zero-order valence-electron chi connectivity index (χ0n) is 19.6. The molecule has 3 aromatic rings. The molecule has 0 saturated heterocycles. The highest BCUT2D eigenvalue weighted by Crippen LogP contribution is 2.35. The minimum absolute atomic E-state index is 0.00249. The lowest BCUT2D eigenvalue weighted by Gasteiger charge is -2.22. The first kappa shape index (κ1) is 23.5. The number of ether oxygens (including phenoxy) is 1. The monoisotopic (exact) mass is 457 g/mol. The van der Waals surface area contributed by atoms with Gasteiger partial charge in [0, 0.05) is 33.0 Å². The van der Waals surface area contributed by atoms with Crippen molar-refractivity contribution in [3.63, 3.8) is 0 Å². The SMILES string of the molecule is CC(=O)N1CCc2cc(CCOC(=O)CN(Cc3ccccc3)Cc3ccccc3)cc(N)c21. The highest BCUT2D eigenvalue weighted by molar-refractivity contribution is 5.97. The molecular weight excluding hydrogens is 426 g/mol. The number of fused-ring (bicyclic) bond motifs is 1. The van der Waals surface area contributed by atoms with Crippen molar-refractivity contribution in [3.8, 4) is 0 Å². The van der Waals surface area contributed by atoms with E-state index in [1.807, 2.05) is 42.5 Å². The van der Waals surface area contributed by atoms with Gasteiger partial charge in [0.15, 0.2) is 0 Å². The summed E-state index contributed by atoms with van der Waals surface area (Å²) in [5.41, 5.74) is 12.1. The largest absolute Gasteiger partial charge is 0.464 e. The molecule has 1 heterocycles. The molecule has 0 aromatic heterocycles. The normalized spacial score (nSPS) is 12.6. The molecule has 0 fully saturated rings. The maximum Gasteiger partial charge on any atom is 0.320 e. The first-order chi connectivity index (χ1) is 16.5. The van der Waals surface area contributed by atoms with Gasteiger partial charge in [-0.3, -0.25) is 14.5 Å². The number of nitrogens with two attached hydrogens (primary N) is 1. The first-order valence-electron chi connectivity index (χ1n) is 11.6. The number of hydrogen-bond donors (Lipinski definition) is 1. The molecule has 0 spiro atoms. The Bertz CT molecular complexity index is 1090. The average Bonchev–Trinajstić information content (AvgIpc) is 3.25. The number of carbonyl (C=O) groups is 2. The van der Waals surface area contributed by atoms with E-state index < -0.39 is 0 Å². The summed E-state index contributed by atoms with van der Waals surface area (Å²) in [6.45, 7) is 4.05. The summed E-state index contributed by atoms with van der Waals surface area (Å²) in [6.07, 6.45) is 1.38. The maximum atomic E-state index is 12.7. The molecule has 1 amide bonds. The molecule has 1 aliphatic rings. The van der Waals surface area contributed by atoms with Crippen LogP contribution in [0.1, 0.15) is 29.2 Å². The molecular formula is C28H31N3O3. The van der Waals surface area contributed by atoms with Gasteiger partial charge in [0.2, 0.25) is 5.91 Å². The summed E-state index contributed by atoms with van der Waals surface area (Å²) in [5.74, 6) is -0.244. The molecule has 6 heteroatoms. The predicted octanol–water partition coefficient (Wildman–Crippen LogP) is 3.97. The van der Waals surface area contributed by atoms with E-state index in [0.717, 1.165) is 34.4 Å². The van der Waals surface area contributed by atoms with Crippen LogP contribution in [0.5, 0.6) is 0 Å². The lowest BCUT2D eigenvalue weighted by atomic mass is 10.0. The van der Waals surface area contributed by atoms with Gasteiger partial charge in [0.25, 0.3) is 0 Å². The molecule has 0 saturated carbocycles. The van der Waals surface area contributed by atoms with Gasteiger partial charge in [-0.1, -0.05) is 66.7 Å². The van der Waals surface area contributed by atoms with Crippen molar-refractivity contribution in [3.05, 3.63) is 95.1 Å². The second-order valence-corrected chi connectivity index (χ2v) is 8.70. The fraction of sp³-hybridized carbons (Fsp3) is 0.286. The van der Waals surface area contributed by atoms with Crippen LogP contribution in [0.3, 0.4) is 0 Å². The van der Waals surface area contributed by atoms with Crippen molar-refractivity contribution in [2.24, 2.45) is 0 Å². The van der Waals surface area contributed by atoms with E-state index in [4.69, 9.17) is 10.5 Å². The highest BCUT2D eigenvalue weighted by atomic mass is 16.5. The Balaban J connectivity index is 1.34. The third-order valence-corrected chi connectivity index (χ3v) is 6.04. The topological polar surface area (TPSA) is 75.9 Å². The minimum Gasteiger partial charge on any atom is -0.464 e. The van der Waals surface area contributed by atoms with Crippen molar-refractivity contribution in [1.29, 1.82) is 0 Å². The van der Waals surface area contributed by atoms with Gasteiger partial charge in [-0.25, -0.2) is 0 Å². The third kappa shape index (κ3) is 6.02. The molecule has 0 bridgehead atoms. The maximum absolute atomic E-state index is 12.7. The fourth-order valence-corrected chi connectivity index (χ4v) is 4.47. The summed E-state index contributed by atoms with van der Waals surface area (Å²) in [6, 6.07) is 24.2. The number of carbonyl (C=O) groups excluding carboxylic acids is 2. The van der Waals surface area contributed by atoms with E-state index in [2.05, 4.69) is 35.2 Å². The second kappa shape index (κ2) is 11.0. The number of rotatable bonds is 9. The quantitative estimate of drug-likeness (QED) is 0.389. The van der Waals surface area contributed by atoms with Gasteiger partial charge in [-0.05, 0) is 34.7 Å². The number of nitrogens with zero attached hydrogens (tertiary/aromatic N) is 2. The van der Waals surface area contributed by atoms with Crippen molar-refractivity contribution >= 4 is 23.3 Å². The zero-order chi connectivity index (χ0) is 23.9. The van der Waals surface area contributed by atoms with Crippen molar-refractivity contribution in [2.75, 3.05) is 30.3 Å². The Kier molecular flexibility index (Phi) is 7.60. The summed E-state index contributed by atoms with van der Waals surface area (Å²) < 4.78 is 5.58. The molecule has 34 heavy (non-hydrogen) atoms. The Hall–Kier alpha value is -3.64. The molecule has 0 radical (unpaired) electrons. The van der Waals surface area contributed by atoms with E-state index in [1.165, 1.54) is 0 Å². The van der Waals surface area contributed by atoms with Gasteiger partial charge in [0.1, 0.15) is 0 Å². The molecule has 0 unspecified atom stereocenters. The number of amides is 1. The van der Waals surface area contributed by atoms with Crippen LogP contribution in [-0.2, 0) is 40.3 Å². The van der Waals surface area contributed by atoms with E-state index in [-0.39, 0.29) is 25.0 Å². The minimum atomic E-state index is -0.247. The molecule has 0 aliphatic carbocycles. The number of esters is 1. The van der Waals surface area contributed by atoms with Crippen LogP contribution < -0.4 is 10.6 Å². The van der Waals surface area contributed by atoms with Gasteiger partial charge < -0.3 is 15.4 Å². The third-order valence-electron chi connectivity index (χ3n) is 6.04. The first-order valence-corrected chi connectivity index (χ1v) is 11.6. The van der Waals surface area contributed by atoms with E-state index in [0.29, 0.717) is 31.7 Å². The lowest BCUT2D eigenvalue weighted by molar-refractivity contribution is -0.145. The molecule has 1 aliphatic heterocycles. The van der Waals surface area contributed by atoms with Crippen LogP contribution >= 0.6 is 0 Å². The molecule has 0 atom stereocenters. The molecule has 3 aromatic carbocycles.